The maximum absolute atomic E-state index is 14.1. The summed E-state index contributed by atoms with van der Waals surface area (Å²) in [5, 5.41) is 3.28. The van der Waals surface area contributed by atoms with Gasteiger partial charge in [-0.2, -0.15) is 0 Å². The number of nitrogens with zero attached hydrogens (tertiary/aromatic N) is 2. The average molecular weight is 618 g/mol. The number of rotatable bonds is 13. The summed E-state index contributed by atoms with van der Waals surface area (Å²) in [5.74, 6) is -0.294. The SMILES string of the molecule is Cc1ccc(N(CCCC(=O)N(Cc2ccccc2C)[C@H](Cc2ccccc2)C(=O)NC2CCCCC2)S(C)(=O)=O)cc1C. The third-order valence-corrected chi connectivity index (χ3v) is 9.95. The maximum atomic E-state index is 14.1. The molecule has 1 atom stereocenters. The first kappa shape index (κ1) is 33.2. The van der Waals surface area contributed by atoms with Crippen LogP contribution in [0.1, 0.15) is 72.8 Å². The second-order valence-corrected chi connectivity index (χ2v) is 14.1. The predicted molar refractivity (Wildman–Crippen MR) is 178 cm³/mol. The van der Waals surface area contributed by atoms with E-state index in [0.717, 1.165) is 53.5 Å². The lowest BCUT2D eigenvalue weighted by Crippen LogP contribution is -2.53. The molecule has 2 amide bonds. The summed E-state index contributed by atoms with van der Waals surface area (Å²) in [7, 11) is -3.56. The number of hydrogen-bond donors (Lipinski definition) is 1. The molecule has 4 rings (SSSR count). The van der Waals surface area contributed by atoms with Gasteiger partial charge in [0.05, 0.1) is 11.9 Å². The Morgan fingerprint density at radius 3 is 2.20 bits per heavy atom. The molecule has 0 heterocycles. The number of sulfonamides is 1. The van der Waals surface area contributed by atoms with Gasteiger partial charge in [0.2, 0.25) is 21.8 Å². The van der Waals surface area contributed by atoms with E-state index in [9.17, 15) is 18.0 Å². The third-order valence-electron chi connectivity index (χ3n) is 8.76. The molecule has 0 aromatic heterocycles. The number of carbonyl (C=O) groups is 2. The Balaban J connectivity index is 1.60. The minimum Gasteiger partial charge on any atom is -0.352 e. The molecule has 7 nitrogen and oxygen atoms in total. The van der Waals surface area contributed by atoms with Crippen LogP contribution < -0.4 is 9.62 Å². The van der Waals surface area contributed by atoms with Gasteiger partial charge in [-0.05, 0) is 80.0 Å². The number of benzene rings is 3. The van der Waals surface area contributed by atoms with Gasteiger partial charge in [-0.25, -0.2) is 8.42 Å². The van der Waals surface area contributed by atoms with Crippen molar-refractivity contribution in [2.75, 3.05) is 17.1 Å². The number of hydrogen-bond acceptors (Lipinski definition) is 4. The minimum atomic E-state index is -3.56. The first-order chi connectivity index (χ1) is 21.0. The summed E-state index contributed by atoms with van der Waals surface area (Å²) >= 11 is 0. The molecule has 0 bridgehead atoms. The van der Waals surface area contributed by atoms with Crippen molar-refractivity contribution in [2.45, 2.75) is 90.8 Å². The second-order valence-electron chi connectivity index (χ2n) is 12.2. The van der Waals surface area contributed by atoms with E-state index in [0.29, 0.717) is 25.1 Å². The van der Waals surface area contributed by atoms with Gasteiger partial charge in [-0.15, -0.1) is 0 Å². The lowest BCUT2D eigenvalue weighted by atomic mass is 9.94. The molecule has 0 radical (unpaired) electrons. The van der Waals surface area contributed by atoms with Crippen LogP contribution in [0.5, 0.6) is 0 Å². The fraction of sp³-hybridized carbons (Fsp3) is 0.444. The zero-order valence-corrected chi connectivity index (χ0v) is 27.4. The summed E-state index contributed by atoms with van der Waals surface area (Å²) in [6.45, 7) is 6.43. The Bertz CT molecular complexity index is 1520. The van der Waals surface area contributed by atoms with Crippen molar-refractivity contribution in [1.29, 1.82) is 0 Å². The molecule has 0 unspecified atom stereocenters. The van der Waals surface area contributed by atoms with Crippen LogP contribution in [0.25, 0.3) is 0 Å². The van der Waals surface area contributed by atoms with E-state index >= 15 is 0 Å². The van der Waals surface area contributed by atoms with Crippen molar-refractivity contribution in [2.24, 2.45) is 0 Å². The molecule has 0 spiro atoms. The summed E-state index contributed by atoms with van der Waals surface area (Å²) in [6.07, 6.45) is 7.31. The molecule has 1 aliphatic rings. The number of amides is 2. The Labute approximate surface area is 263 Å². The first-order valence-electron chi connectivity index (χ1n) is 15.8. The van der Waals surface area contributed by atoms with Crippen molar-refractivity contribution in [3.63, 3.8) is 0 Å². The highest BCUT2D eigenvalue weighted by molar-refractivity contribution is 7.92. The van der Waals surface area contributed by atoms with E-state index in [2.05, 4.69) is 5.32 Å². The average Bonchev–Trinajstić information content (AvgIpc) is 3.00. The summed E-state index contributed by atoms with van der Waals surface area (Å²) < 4.78 is 26.9. The number of aryl methyl sites for hydroxylation is 3. The Morgan fingerprint density at radius 1 is 0.864 bits per heavy atom. The molecule has 8 heteroatoms. The van der Waals surface area contributed by atoms with E-state index in [4.69, 9.17) is 0 Å². The van der Waals surface area contributed by atoms with Crippen LogP contribution in [-0.4, -0.2) is 50.0 Å². The standard InChI is InChI=1S/C36H47N3O4S/c1-27-21-22-33(24-29(27)3)39(44(4,42)43)23-13-20-35(40)38(26-31-17-12-11-14-28(31)2)34(25-30-15-7-5-8-16-30)36(41)37-32-18-9-6-10-19-32/h5,7-8,11-12,14-17,21-22,24,32,34H,6,9-10,13,18-20,23,25-26H2,1-4H3,(H,37,41)/t34-/m1/s1. The van der Waals surface area contributed by atoms with Crippen molar-refractivity contribution in [3.8, 4) is 0 Å². The highest BCUT2D eigenvalue weighted by Gasteiger charge is 2.32. The first-order valence-corrected chi connectivity index (χ1v) is 17.6. The number of nitrogens with one attached hydrogen (secondary N) is 1. The van der Waals surface area contributed by atoms with Crippen LogP contribution in [0.15, 0.2) is 72.8 Å². The molecule has 3 aromatic carbocycles. The molecule has 236 valence electrons. The fourth-order valence-corrected chi connectivity index (χ4v) is 6.91. The predicted octanol–water partition coefficient (Wildman–Crippen LogP) is 6.25. The number of anilines is 1. The van der Waals surface area contributed by atoms with Gasteiger partial charge in [-0.3, -0.25) is 13.9 Å². The largest absolute Gasteiger partial charge is 0.352 e. The normalized spacial score (nSPS) is 14.5. The molecular formula is C36H47N3O4S. The second kappa shape index (κ2) is 15.4. The highest BCUT2D eigenvalue weighted by atomic mass is 32.2. The van der Waals surface area contributed by atoms with Crippen LogP contribution in [-0.2, 0) is 32.6 Å². The van der Waals surface area contributed by atoms with E-state index in [1.165, 1.54) is 17.0 Å². The van der Waals surface area contributed by atoms with Gasteiger partial charge in [0.25, 0.3) is 0 Å². The lowest BCUT2D eigenvalue weighted by molar-refractivity contribution is -0.141. The smallest absolute Gasteiger partial charge is 0.243 e. The topological polar surface area (TPSA) is 86.8 Å². The van der Waals surface area contributed by atoms with Crippen LogP contribution in [0.2, 0.25) is 0 Å². The van der Waals surface area contributed by atoms with Crippen molar-refractivity contribution in [3.05, 3.63) is 101 Å². The number of carbonyl (C=O) groups excluding carboxylic acids is 2. The Kier molecular flexibility index (Phi) is 11.6. The summed E-state index contributed by atoms with van der Waals surface area (Å²) in [6, 6.07) is 22.8. The van der Waals surface area contributed by atoms with Gasteiger partial charge in [0, 0.05) is 32.0 Å². The molecular weight excluding hydrogens is 570 g/mol. The zero-order valence-electron chi connectivity index (χ0n) is 26.6. The monoisotopic (exact) mass is 617 g/mol. The van der Waals surface area contributed by atoms with Crippen LogP contribution in [0.3, 0.4) is 0 Å². The molecule has 1 aliphatic carbocycles. The lowest BCUT2D eigenvalue weighted by Gasteiger charge is -2.34. The van der Waals surface area contributed by atoms with E-state index in [1.54, 1.807) is 11.0 Å². The molecule has 44 heavy (non-hydrogen) atoms. The third kappa shape index (κ3) is 9.18. The van der Waals surface area contributed by atoms with Crippen LogP contribution >= 0.6 is 0 Å². The molecule has 1 fully saturated rings. The molecule has 1 saturated carbocycles. The fourth-order valence-electron chi connectivity index (χ4n) is 5.95. The van der Waals surface area contributed by atoms with Gasteiger partial charge >= 0.3 is 0 Å². The highest BCUT2D eigenvalue weighted by Crippen LogP contribution is 2.24. The quantitative estimate of drug-likeness (QED) is 0.246. The molecule has 1 N–H and O–H groups in total. The van der Waals surface area contributed by atoms with Gasteiger partial charge < -0.3 is 10.2 Å². The van der Waals surface area contributed by atoms with E-state index in [-0.39, 0.29) is 30.8 Å². The van der Waals surface area contributed by atoms with E-state index < -0.39 is 16.1 Å². The zero-order chi connectivity index (χ0) is 31.7. The summed E-state index contributed by atoms with van der Waals surface area (Å²) in [4.78, 5) is 29.9. The van der Waals surface area contributed by atoms with Crippen LogP contribution in [0.4, 0.5) is 5.69 Å². The van der Waals surface area contributed by atoms with E-state index in [1.807, 2.05) is 87.5 Å². The molecule has 0 saturated heterocycles. The molecule has 0 aliphatic heterocycles. The molecule has 3 aromatic rings. The van der Waals surface area contributed by atoms with Crippen LogP contribution in [0, 0.1) is 20.8 Å². The van der Waals surface area contributed by atoms with Gasteiger partial charge in [-0.1, -0.05) is 79.9 Å². The Hall–Kier alpha value is -3.65. The van der Waals surface area contributed by atoms with Gasteiger partial charge in [0.1, 0.15) is 6.04 Å². The maximum Gasteiger partial charge on any atom is 0.243 e. The Morgan fingerprint density at radius 2 is 1.55 bits per heavy atom. The summed E-state index contributed by atoms with van der Waals surface area (Å²) in [5.41, 5.74) is 5.70. The van der Waals surface area contributed by atoms with Gasteiger partial charge in [0.15, 0.2) is 0 Å². The van der Waals surface area contributed by atoms with Crippen molar-refractivity contribution < 1.29 is 18.0 Å². The van der Waals surface area contributed by atoms with Crippen molar-refractivity contribution in [1.82, 2.24) is 10.2 Å². The van der Waals surface area contributed by atoms with Crippen molar-refractivity contribution >= 4 is 27.5 Å². The minimum absolute atomic E-state index is 0.116.